The van der Waals surface area contributed by atoms with Gasteiger partial charge in [0.05, 0.1) is 15.7 Å². The van der Waals surface area contributed by atoms with E-state index in [1.165, 1.54) is 48.8 Å². The predicted octanol–water partition coefficient (Wildman–Crippen LogP) is 8.39. The van der Waals surface area contributed by atoms with Gasteiger partial charge in [-0.1, -0.05) is 74.5 Å². The van der Waals surface area contributed by atoms with E-state index in [1.54, 1.807) is 11.3 Å². The molecule has 2 aromatic heterocycles. The summed E-state index contributed by atoms with van der Waals surface area (Å²) in [6, 6.07) is 30.3. The second-order valence-corrected chi connectivity index (χ2v) is 9.35. The molecule has 2 heterocycles. The Bertz CT molecular complexity index is 1550. The first-order chi connectivity index (χ1) is 15.2. The van der Waals surface area contributed by atoms with Crippen molar-refractivity contribution in [1.29, 1.82) is 0 Å². The molecule has 0 spiro atoms. The lowest BCUT2D eigenvalue weighted by molar-refractivity contribution is 0.869. The molecular formula is C28H22N2S. The number of aromatic nitrogens is 2. The molecule has 0 atom stereocenters. The first-order valence-corrected chi connectivity index (χ1v) is 11.5. The van der Waals surface area contributed by atoms with Crippen LogP contribution < -0.4 is 0 Å². The second-order valence-electron chi connectivity index (χ2n) is 8.35. The number of fused-ring (bicyclic) bond motifs is 5. The molecule has 0 saturated heterocycles. The van der Waals surface area contributed by atoms with Crippen LogP contribution in [0.15, 0.2) is 84.9 Å². The molecule has 1 N–H and O–H groups in total. The van der Waals surface area contributed by atoms with E-state index < -0.39 is 0 Å². The maximum absolute atomic E-state index is 4.90. The van der Waals surface area contributed by atoms with Crippen molar-refractivity contribution in [2.75, 3.05) is 0 Å². The van der Waals surface area contributed by atoms with Crippen molar-refractivity contribution in [3.05, 3.63) is 90.5 Å². The zero-order valence-electron chi connectivity index (χ0n) is 17.5. The molecule has 0 bridgehead atoms. The largest absolute Gasteiger partial charge is 0.353 e. The zero-order chi connectivity index (χ0) is 20.9. The van der Waals surface area contributed by atoms with E-state index in [0.29, 0.717) is 5.92 Å². The van der Waals surface area contributed by atoms with E-state index in [2.05, 4.69) is 97.7 Å². The maximum Gasteiger partial charge on any atom is 0.124 e. The summed E-state index contributed by atoms with van der Waals surface area (Å²) in [5.41, 5.74) is 8.54. The van der Waals surface area contributed by atoms with Crippen LogP contribution in [-0.4, -0.2) is 9.97 Å². The van der Waals surface area contributed by atoms with Crippen molar-refractivity contribution in [3.63, 3.8) is 0 Å². The highest BCUT2D eigenvalue weighted by atomic mass is 32.1. The van der Waals surface area contributed by atoms with E-state index >= 15 is 0 Å². The Morgan fingerprint density at radius 2 is 1.58 bits per heavy atom. The lowest BCUT2D eigenvalue weighted by Gasteiger charge is -2.13. The minimum Gasteiger partial charge on any atom is -0.353 e. The van der Waals surface area contributed by atoms with Crippen molar-refractivity contribution in [3.8, 4) is 21.7 Å². The highest BCUT2D eigenvalue weighted by Gasteiger charge is 2.14. The van der Waals surface area contributed by atoms with E-state index in [9.17, 15) is 0 Å². The molecule has 4 aromatic carbocycles. The number of aromatic amines is 1. The van der Waals surface area contributed by atoms with Gasteiger partial charge in [0.15, 0.2) is 0 Å². The minimum absolute atomic E-state index is 0.489. The Morgan fingerprint density at radius 1 is 0.774 bits per heavy atom. The van der Waals surface area contributed by atoms with Crippen molar-refractivity contribution in [2.24, 2.45) is 0 Å². The van der Waals surface area contributed by atoms with Gasteiger partial charge in [0.2, 0.25) is 0 Å². The third-order valence-corrected chi connectivity index (χ3v) is 7.18. The summed E-state index contributed by atoms with van der Waals surface area (Å²) in [7, 11) is 0. The van der Waals surface area contributed by atoms with Crippen LogP contribution in [-0.2, 0) is 0 Å². The van der Waals surface area contributed by atoms with Gasteiger partial charge >= 0.3 is 0 Å². The number of nitrogens with zero attached hydrogens (tertiary/aromatic N) is 1. The van der Waals surface area contributed by atoms with Crippen LogP contribution in [0.2, 0.25) is 0 Å². The highest BCUT2D eigenvalue weighted by Crippen LogP contribution is 2.39. The molecule has 6 aromatic rings. The van der Waals surface area contributed by atoms with Gasteiger partial charge in [-0.3, -0.25) is 0 Å². The van der Waals surface area contributed by atoms with Crippen LogP contribution >= 0.6 is 11.3 Å². The third-order valence-electron chi connectivity index (χ3n) is 6.04. The van der Waals surface area contributed by atoms with Crippen LogP contribution in [0.5, 0.6) is 0 Å². The predicted molar refractivity (Wildman–Crippen MR) is 134 cm³/mol. The summed E-state index contributed by atoms with van der Waals surface area (Å²) in [5.74, 6) is 0.489. The average Bonchev–Trinajstić information content (AvgIpc) is 3.40. The average molecular weight is 419 g/mol. The van der Waals surface area contributed by atoms with E-state index in [-0.39, 0.29) is 0 Å². The number of hydrogen-bond acceptors (Lipinski definition) is 2. The molecule has 0 radical (unpaired) electrons. The molecule has 0 amide bonds. The summed E-state index contributed by atoms with van der Waals surface area (Å²) in [6.45, 7) is 4.52. The van der Waals surface area contributed by atoms with E-state index in [1.807, 2.05) is 6.07 Å². The molecule has 0 aliphatic rings. The van der Waals surface area contributed by atoms with Crippen molar-refractivity contribution < 1.29 is 0 Å². The smallest absolute Gasteiger partial charge is 0.124 e. The zero-order valence-corrected chi connectivity index (χ0v) is 18.3. The first-order valence-electron chi connectivity index (χ1n) is 10.7. The fourth-order valence-corrected chi connectivity index (χ4v) is 5.56. The van der Waals surface area contributed by atoms with Crippen LogP contribution in [0.3, 0.4) is 0 Å². The molecule has 0 aliphatic carbocycles. The second kappa shape index (κ2) is 7.07. The maximum atomic E-state index is 4.90. The first kappa shape index (κ1) is 18.3. The van der Waals surface area contributed by atoms with Crippen molar-refractivity contribution in [2.45, 2.75) is 19.8 Å². The highest BCUT2D eigenvalue weighted by molar-refractivity contribution is 7.22. The van der Waals surface area contributed by atoms with Crippen LogP contribution in [0.25, 0.3) is 53.7 Å². The standard InChI is InChI=1S/C28H22N2S/c1-17(2)20-10-6-7-11-21(20)19-12-14-24-23(16-19)22-13-15-25-27(26(22)29-24)31-28(30-25)18-8-4-3-5-9-18/h3-17,29H,1-2H3. The topological polar surface area (TPSA) is 28.7 Å². The van der Waals surface area contributed by atoms with Gasteiger partial charge < -0.3 is 4.98 Å². The van der Waals surface area contributed by atoms with Gasteiger partial charge in [-0.05, 0) is 46.9 Å². The Labute approximate surface area is 185 Å². The Hall–Kier alpha value is -3.43. The number of rotatable bonds is 3. The van der Waals surface area contributed by atoms with Crippen LogP contribution in [0.1, 0.15) is 25.3 Å². The van der Waals surface area contributed by atoms with Crippen LogP contribution in [0.4, 0.5) is 0 Å². The molecule has 0 fully saturated rings. The summed E-state index contributed by atoms with van der Waals surface area (Å²) in [5, 5.41) is 3.59. The monoisotopic (exact) mass is 418 g/mol. The van der Waals surface area contributed by atoms with Crippen LogP contribution in [0, 0.1) is 0 Å². The third kappa shape index (κ3) is 2.96. The molecule has 0 aliphatic heterocycles. The van der Waals surface area contributed by atoms with Gasteiger partial charge in [-0.15, -0.1) is 11.3 Å². The molecule has 31 heavy (non-hydrogen) atoms. The van der Waals surface area contributed by atoms with Gasteiger partial charge in [0.1, 0.15) is 5.01 Å². The molecule has 6 rings (SSSR count). The van der Waals surface area contributed by atoms with Crippen molar-refractivity contribution >= 4 is 43.4 Å². The molecule has 0 unspecified atom stereocenters. The quantitative estimate of drug-likeness (QED) is 0.307. The molecule has 2 nitrogen and oxygen atoms in total. The van der Waals surface area contributed by atoms with Crippen molar-refractivity contribution in [1.82, 2.24) is 9.97 Å². The van der Waals surface area contributed by atoms with E-state index in [0.717, 1.165) is 10.5 Å². The Kier molecular flexibility index (Phi) is 4.18. The molecular weight excluding hydrogens is 396 g/mol. The van der Waals surface area contributed by atoms with E-state index in [4.69, 9.17) is 4.98 Å². The fourth-order valence-electron chi connectivity index (χ4n) is 4.49. The van der Waals surface area contributed by atoms with Gasteiger partial charge in [-0.25, -0.2) is 4.98 Å². The summed E-state index contributed by atoms with van der Waals surface area (Å²) in [4.78, 5) is 8.57. The lowest BCUT2D eigenvalue weighted by Crippen LogP contribution is -1.91. The number of hydrogen-bond donors (Lipinski definition) is 1. The SMILES string of the molecule is CC(C)c1ccccc1-c1ccc2[nH]c3c(ccc4nc(-c5ccccc5)sc43)c2c1. The number of benzene rings is 4. The fraction of sp³-hybridized carbons (Fsp3) is 0.107. The number of H-pyrrole nitrogens is 1. The summed E-state index contributed by atoms with van der Waals surface area (Å²) >= 11 is 1.76. The molecule has 150 valence electrons. The lowest BCUT2D eigenvalue weighted by atomic mass is 9.92. The minimum atomic E-state index is 0.489. The molecule has 3 heteroatoms. The normalized spacial score (nSPS) is 11.8. The van der Waals surface area contributed by atoms with Gasteiger partial charge in [-0.2, -0.15) is 0 Å². The molecule has 0 saturated carbocycles. The van der Waals surface area contributed by atoms with Gasteiger partial charge in [0, 0.05) is 21.9 Å². The number of thiazole rings is 1. The summed E-state index contributed by atoms with van der Waals surface area (Å²) < 4.78 is 1.22. The number of nitrogens with one attached hydrogen (secondary N) is 1. The Balaban J connectivity index is 1.56. The Morgan fingerprint density at radius 3 is 2.42 bits per heavy atom. The summed E-state index contributed by atoms with van der Waals surface area (Å²) in [6.07, 6.45) is 0. The van der Waals surface area contributed by atoms with Gasteiger partial charge in [0.25, 0.3) is 0 Å².